The lowest BCUT2D eigenvalue weighted by molar-refractivity contribution is -0.255. The zero-order valence-electron chi connectivity index (χ0n) is 15.9. The Morgan fingerprint density at radius 3 is 2.46 bits per heavy atom. The summed E-state index contributed by atoms with van der Waals surface area (Å²) in [4.78, 5) is 36.7. The highest BCUT2D eigenvalue weighted by atomic mass is 16.4. The molecular weight excluding hydrogens is 358 g/mol. The molecule has 0 aliphatic carbocycles. The number of amides is 1. The fraction of sp³-hybridized carbons (Fsp3) is 0.238. The van der Waals surface area contributed by atoms with Crippen LogP contribution >= 0.6 is 0 Å². The van der Waals surface area contributed by atoms with Gasteiger partial charge in [-0.2, -0.15) is 5.10 Å². The van der Waals surface area contributed by atoms with Crippen LogP contribution in [0.3, 0.4) is 0 Å². The van der Waals surface area contributed by atoms with E-state index in [2.05, 4.69) is 10.4 Å². The van der Waals surface area contributed by atoms with E-state index in [0.29, 0.717) is 28.6 Å². The van der Waals surface area contributed by atoms with Crippen molar-refractivity contribution in [2.45, 2.75) is 27.3 Å². The third-order valence-electron chi connectivity index (χ3n) is 4.34. The standard InChI is InChI=1S/C21H21N3O4/c1-12(2)11-24-20(26)16-7-5-4-6-15(16)18(23-24)19(25)22-17-10-14(21(27)28)9-8-13(17)3/h4-10,12H,11H2,1-3H3,(H,22,25)(H,27,28)/p-1. The average Bonchev–Trinajstić information content (AvgIpc) is 2.65. The Balaban J connectivity index is 2.09. The van der Waals surface area contributed by atoms with Crippen molar-refractivity contribution in [1.82, 2.24) is 9.78 Å². The van der Waals surface area contributed by atoms with Gasteiger partial charge in [-0.25, -0.2) is 4.68 Å². The van der Waals surface area contributed by atoms with Crippen LogP contribution in [-0.2, 0) is 6.54 Å². The second kappa shape index (κ2) is 7.64. The topological polar surface area (TPSA) is 104 Å². The first-order valence-electron chi connectivity index (χ1n) is 8.91. The lowest BCUT2D eigenvalue weighted by atomic mass is 10.1. The van der Waals surface area contributed by atoms with E-state index in [4.69, 9.17) is 0 Å². The minimum Gasteiger partial charge on any atom is -0.545 e. The number of carbonyl (C=O) groups is 2. The Morgan fingerprint density at radius 1 is 1.14 bits per heavy atom. The number of benzene rings is 2. The zero-order valence-corrected chi connectivity index (χ0v) is 15.9. The third kappa shape index (κ3) is 3.78. The second-order valence-electron chi connectivity index (χ2n) is 7.05. The minimum atomic E-state index is -1.33. The molecule has 1 amide bonds. The molecule has 1 N–H and O–H groups in total. The van der Waals surface area contributed by atoms with Crippen molar-refractivity contribution >= 4 is 28.3 Å². The summed E-state index contributed by atoms with van der Waals surface area (Å²) in [5.41, 5.74) is 0.853. The molecule has 0 aliphatic rings. The maximum Gasteiger partial charge on any atom is 0.276 e. The highest BCUT2D eigenvalue weighted by Crippen LogP contribution is 2.20. The normalized spacial score (nSPS) is 11.0. The van der Waals surface area contributed by atoms with Crippen molar-refractivity contribution in [3.8, 4) is 0 Å². The number of aryl methyl sites for hydroxylation is 1. The van der Waals surface area contributed by atoms with E-state index < -0.39 is 11.9 Å². The first-order valence-corrected chi connectivity index (χ1v) is 8.91. The van der Waals surface area contributed by atoms with Gasteiger partial charge in [-0.1, -0.05) is 44.2 Å². The Kier molecular flexibility index (Phi) is 5.26. The number of aromatic nitrogens is 2. The molecule has 0 fully saturated rings. The molecule has 144 valence electrons. The van der Waals surface area contributed by atoms with Crippen molar-refractivity contribution in [2.75, 3.05) is 5.32 Å². The van der Waals surface area contributed by atoms with Gasteiger partial charge >= 0.3 is 0 Å². The lowest BCUT2D eigenvalue weighted by Gasteiger charge is -2.14. The number of nitrogens with zero attached hydrogens (tertiary/aromatic N) is 2. The number of carboxylic acids is 1. The van der Waals surface area contributed by atoms with Gasteiger partial charge in [0.2, 0.25) is 0 Å². The van der Waals surface area contributed by atoms with Crippen LogP contribution in [0.1, 0.15) is 40.3 Å². The molecule has 0 radical (unpaired) electrons. The maximum atomic E-state index is 13.0. The van der Waals surface area contributed by atoms with Gasteiger partial charge in [0.25, 0.3) is 11.5 Å². The number of hydrogen-bond donors (Lipinski definition) is 1. The molecule has 1 aromatic heterocycles. The van der Waals surface area contributed by atoms with Crippen LogP contribution in [-0.4, -0.2) is 21.7 Å². The van der Waals surface area contributed by atoms with Gasteiger partial charge < -0.3 is 15.2 Å². The monoisotopic (exact) mass is 378 g/mol. The second-order valence-corrected chi connectivity index (χ2v) is 7.05. The summed E-state index contributed by atoms with van der Waals surface area (Å²) < 4.78 is 1.30. The Labute approximate surface area is 161 Å². The number of nitrogens with one attached hydrogen (secondary N) is 1. The number of fused-ring (bicyclic) bond motifs is 1. The fourth-order valence-corrected chi connectivity index (χ4v) is 2.94. The highest BCUT2D eigenvalue weighted by Gasteiger charge is 2.18. The molecule has 28 heavy (non-hydrogen) atoms. The number of aromatic carboxylic acids is 1. The van der Waals surface area contributed by atoms with Gasteiger partial charge in [-0.05, 0) is 36.1 Å². The summed E-state index contributed by atoms with van der Waals surface area (Å²) in [5.74, 6) is -1.68. The van der Waals surface area contributed by atoms with E-state index >= 15 is 0 Å². The van der Waals surface area contributed by atoms with Crippen LogP contribution in [0.5, 0.6) is 0 Å². The Bertz CT molecular complexity index is 1130. The summed E-state index contributed by atoms with van der Waals surface area (Å²) >= 11 is 0. The van der Waals surface area contributed by atoms with Crippen LogP contribution in [0.25, 0.3) is 10.8 Å². The van der Waals surface area contributed by atoms with Crippen LogP contribution in [0.4, 0.5) is 5.69 Å². The van der Waals surface area contributed by atoms with Crippen LogP contribution < -0.4 is 16.0 Å². The van der Waals surface area contributed by atoms with Gasteiger partial charge in [-0.3, -0.25) is 9.59 Å². The van der Waals surface area contributed by atoms with E-state index in [9.17, 15) is 19.5 Å². The van der Waals surface area contributed by atoms with Gasteiger partial charge in [0.05, 0.1) is 11.4 Å². The molecule has 0 aliphatic heterocycles. The molecule has 7 nitrogen and oxygen atoms in total. The van der Waals surface area contributed by atoms with Crippen LogP contribution in [0, 0.1) is 12.8 Å². The summed E-state index contributed by atoms with van der Waals surface area (Å²) in [7, 11) is 0. The molecule has 3 rings (SSSR count). The summed E-state index contributed by atoms with van der Waals surface area (Å²) in [6, 6.07) is 11.1. The SMILES string of the molecule is Cc1ccc(C(=O)[O-])cc1NC(=O)c1nn(CC(C)C)c(=O)c2ccccc12. The molecule has 0 spiro atoms. The molecule has 0 atom stereocenters. The van der Waals surface area contributed by atoms with E-state index in [1.165, 1.54) is 16.8 Å². The predicted octanol–water partition coefficient (Wildman–Crippen LogP) is 1.98. The first kappa shape index (κ1) is 19.3. The average molecular weight is 378 g/mol. The van der Waals surface area contributed by atoms with E-state index in [0.717, 1.165) is 0 Å². The minimum absolute atomic E-state index is 0.0384. The maximum absolute atomic E-state index is 13.0. The van der Waals surface area contributed by atoms with E-state index in [1.807, 2.05) is 13.8 Å². The van der Waals surface area contributed by atoms with E-state index in [-0.39, 0.29) is 22.7 Å². The number of rotatable bonds is 5. The van der Waals surface area contributed by atoms with Gasteiger partial charge in [0, 0.05) is 17.6 Å². The van der Waals surface area contributed by atoms with Crippen molar-refractivity contribution in [3.05, 3.63) is 69.6 Å². The van der Waals surface area contributed by atoms with Crippen molar-refractivity contribution in [2.24, 2.45) is 5.92 Å². The lowest BCUT2D eigenvalue weighted by Crippen LogP contribution is -2.29. The molecule has 0 saturated heterocycles. The van der Waals surface area contributed by atoms with Crippen molar-refractivity contribution in [3.63, 3.8) is 0 Å². The smallest absolute Gasteiger partial charge is 0.276 e. The van der Waals surface area contributed by atoms with Gasteiger partial charge in [0.1, 0.15) is 0 Å². The highest BCUT2D eigenvalue weighted by molar-refractivity contribution is 6.11. The van der Waals surface area contributed by atoms with Gasteiger partial charge in [0.15, 0.2) is 5.69 Å². The molecule has 7 heteroatoms. The van der Waals surface area contributed by atoms with Crippen LogP contribution in [0.2, 0.25) is 0 Å². The fourth-order valence-electron chi connectivity index (χ4n) is 2.94. The number of carboxylic acid groups (broad SMARTS) is 1. The molecule has 0 bridgehead atoms. The van der Waals surface area contributed by atoms with Crippen LogP contribution in [0.15, 0.2) is 47.3 Å². The summed E-state index contributed by atoms with van der Waals surface area (Å²) in [5, 5.41) is 18.9. The molecule has 2 aromatic carbocycles. The summed E-state index contributed by atoms with van der Waals surface area (Å²) in [6.07, 6.45) is 0. The first-order chi connectivity index (χ1) is 13.3. The Morgan fingerprint density at radius 2 is 1.82 bits per heavy atom. The number of carbonyl (C=O) groups excluding carboxylic acids is 2. The molecule has 1 heterocycles. The van der Waals surface area contributed by atoms with Crippen molar-refractivity contribution in [1.29, 1.82) is 0 Å². The molecule has 0 saturated carbocycles. The van der Waals surface area contributed by atoms with E-state index in [1.54, 1.807) is 37.3 Å². The predicted molar refractivity (Wildman–Crippen MR) is 104 cm³/mol. The van der Waals surface area contributed by atoms with Crippen molar-refractivity contribution < 1.29 is 14.7 Å². The quantitative estimate of drug-likeness (QED) is 0.731. The zero-order chi connectivity index (χ0) is 20.4. The number of hydrogen-bond acceptors (Lipinski definition) is 5. The van der Waals surface area contributed by atoms with Gasteiger partial charge in [-0.15, -0.1) is 0 Å². The molecule has 3 aromatic rings. The Hall–Kier alpha value is -3.48. The summed E-state index contributed by atoms with van der Waals surface area (Å²) in [6.45, 7) is 6.04. The largest absolute Gasteiger partial charge is 0.545 e. The molecule has 0 unspecified atom stereocenters. The molecular formula is C21H20N3O4-. The number of anilines is 1. The third-order valence-corrected chi connectivity index (χ3v) is 4.34.